The highest BCUT2D eigenvalue weighted by Crippen LogP contribution is 2.33. The van der Waals surface area contributed by atoms with Crippen molar-refractivity contribution in [3.63, 3.8) is 0 Å². The van der Waals surface area contributed by atoms with E-state index in [2.05, 4.69) is 46.9 Å². The Bertz CT molecular complexity index is 592. The smallest absolute Gasteiger partial charge is 0.0773 e. The normalized spacial score (nSPS) is 19.2. The maximum Gasteiger partial charge on any atom is 0.0773 e. The molecule has 5 nitrogen and oxygen atoms in total. The second-order valence-electron chi connectivity index (χ2n) is 5.80. The number of aryl methyl sites for hydroxylation is 2. The molecule has 0 radical (unpaired) electrons. The Balaban J connectivity index is 1.83. The molecule has 0 spiro atoms. The van der Waals surface area contributed by atoms with E-state index in [4.69, 9.17) is 5.84 Å². The van der Waals surface area contributed by atoms with Crippen molar-refractivity contribution in [1.82, 2.24) is 20.4 Å². The highest BCUT2D eigenvalue weighted by atomic mass is 15.4. The van der Waals surface area contributed by atoms with Crippen LogP contribution >= 0.6 is 0 Å². The Hall–Kier alpha value is -1.72. The van der Waals surface area contributed by atoms with Gasteiger partial charge in [0.05, 0.1) is 17.9 Å². The molecule has 5 heteroatoms. The van der Waals surface area contributed by atoms with Crippen LogP contribution < -0.4 is 11.3 Å². The van der Waals surface area contributed by atoms with Gasteiger partial charge in [0.1, 0.15) is 0 Å². The number of rotatable bonds is 5. The molecule has 0 bridgehead atoms. The summed E-state index contributed by atoms with van der Waals surface area (Å²) in [6, 6.07) is 8.82. The summed E-state index contributed by atoms with van der Waals surface area (Å²) in [4.78, 5) is 0. The van der Waals surface area contributed by atoms with E-state index >= 15 is 0 Å². The molecule has 1 aromatic carbocycles. The Morgan fingerprint density at radius 1 is 1.38 bits per heavy atom. The van der Waals surface area contributed by atoms with Gasteiger partial charge in [0.15, 0.2) is 0 Å². The summed E-state index contributed by atoms with van der Waals surface area (Å²) in [5.41, 5.74) is 7.03. The number of nitrogens with zero attached hydrogens (tertiary/aromatic N) is 3. The Kier molecular flexibility index (Phi) is 4.31. The molecule has 21 heavy (non-hydrogen) atoms. The monoisotopic (exact) mass is 285 g/mol. The molecule has 1 heterocycles. The maximum atomic E-state index is 5.86. The van der Waals surface area contributed by atoms with Gasteiger partial charge in [-0.3, -0.25) is 11.3 Å². The fourth-order valence-electron chi connectivity index (χ4n) is 3.37. The van der Waals surface area contributed by atoms with Crippen LogP contribution in [-0.2, 0) is 19.4 Å². The third-order valence-corrected chi connectivity index (χ3v) is 4.44. The van der Waals surface area contributed by atoms with Crippen molar-refractivity contribution in [2.45, 2.75) is 45.2 Å². The van der Waals surface area contributed by atoms with Crippen LogP contribution in [0.15, 0.2) is 30.5 Å². The first-order chi connectivity index (χ1) is 10.3. The van der Waals surface area contributed by atoms with Crippen molar-refractivity contribution in [1.29, 1.82) is 0 Å². The van der Waals surface area contributed by atoms with E-state index in [0.29, 0.717) is 5.92 Å². The summed E-state index contributed by atoms with van der Waals surface area (Å²) in [7, 11) is 0. The lowest BCUT2D eigenvalue weighted by atomic mass is 9.79. The summed E-state index contributed by atoms with van der Waals surface area (Å²) >= 11 is 0. The second kappa shape index (κ2) is 6.37. The van der Waals surface area contributed by atoms with Crippen LogP contribution in [0.4, 0.5) is 0 Å². The first-order valence-electron chi connectivity index (χ1n) is 7.74. The van der Waals surface area contributed by atoms with Crippen molar-refractivity contribution in [3.8, 4) is 0 Å². The van der Waals surface area contributed by atoms with E-state index in [1.54, 1.807) is 0 Å². The number of hydrazine groups is 1. The van der Waals surface area contributed by atoms with E-state index in [0.717, 1.165) is 37.9 Å². The fourth-order valence-corrected chi connectivity index (χ4v) is 3.37. The van der Waals surface area contributed by atoms with Crippen LogP contribution in [0.2, 0.25) is 0 Å². The minimum atomic E-state index is 0.111. The van der Waals surface area contributed by atoms with Gasteiger partial charge >= 0.3 is 0 Å². The maximum absolute atomic E-state index is 5.86. The first kappa shape index (κ1) is 14.2. The Morgan fingerprint density at radius 2 is 2.19 bits per heavy atom. The highest BCUT2D eigenvalue weighted by molar-refractivity contribution is 5.30. The highest BCUT2D eigenvalue weighted by Gasteiger charge is 2.29. The summed E-state index contributed by atoms with van der Waals surface area (Å²) < 4.78 is 1.98. The second-order valence-corrected chi connectivity index (χ2v) is 5.80. The van der Waals surface area contributed by atoms with Gasteiger partial charge < -0.3 is 0 Å². The van der Waals surface area contributed by atoms with Crippen LogP contribution in [0.1, 0.15) is 42.6 Å². The summed E-state index contributed by atoms with van der Waals surface area (Å²) in [6.45, 7) is 3.03. The zero-order chi connectivity index (χ0) is 14.7. The van der Waals surface area contributed by atoms with Crippen LogP contribution in [0.3, 0.4) is 0 Å². The molecule has 2 unspecified atom stereocenters. The van der Waals surface area contributed by atoms with Crippen molar-refractivity contribution >= 4 is 0 Å². The molecule has 112 valence electrons. The molecule has 0 saturated heterocycles. The minimum absolute atomic E-state index is 0.111. The van der Waals surface area contributed by atoms with Gasteiger partial charge in [-0.25, -0.2) is 4.68 Å². The van der Waals surface area contributed by atoms with Gasteiger partial charge in [0, 0.05) is 6.54 Å². The zero-order valence-electron chi connectivity index (χ0n) is 12.5. The largest absolute Gasteiger partial charge is 0.271 e. The van der Waals surface area contributed by atoms with Crippen molar-refractivity contribution < 1.29 is 0 Å². The van der Waals surface area contributed by atoms with Gasteiger partial charge in [0.2, 0.25) is 0 Å². The lowest BCUT2D eigenvalue weighted by Gasteiger charge is -2.31. The van der Waals surface area contributed by atoms with E-state index in [1.807, 2.05) is 10.9 Å². The first-order valence-corrected chi connectivity index (χ1v) is 7.74. The number of benzene rings is 1. The molecule has 0 fully saturated rings. The summed E-state index contributed by atoms with van der Waals surface area (Å²) in [5.74, 6) is 6.35. The van der Waals surface area contributed by atoms with Gasteiger partial charge in [-0.1, -0.05) is 36.4 Å². The van der Waals surface area contributed by atoms with Crippen LogP contribution in [0, 0.1) is 5.92 Å². The van der Waals surface area contributed by atoms with Crippen LogP contribution in [0.5, 0.6) is 0 Å². The standard InChI is InChI=1S/C16H23N5/c1-2-9-21-15(11-18-20-21)16(19-17)14-8-7-12-5-3-4-6-13(12)10-14/h3-6,11,14,16,19H,2,7-10,17H2,1H3. The molecule has 1 aromatic heterocycles. The third-order valence-electron chi connectivity index (χ3n) is 4.44. The molecule has 0 saturated carbocycles. The number of fused-ring (bicyclic) bond motifs is 1. The van der Waals surface area contributed by atoms with Crippen molar-refractivity contribution in [3.05, 3.63) is 47.3 Å². The Labute approximate surface area is 125 Å². The zero-order valence-corrected chi connectivity index (χ0v) is 12.5. The van der Waals surface area contributed by atoms with E-state index in [-0.39, 0.29) is 6.04 Å². The summed E-state index contributed by atoms with van der Waals surface area (Å²) in [5, 5.41) is 8.25. The van der Waals surface area contributed by atoms with E-state index in [9.17, 15) is 0 Å². The Morgan fingerprint density at radius 3 is 2.95 bits per heavy atom. The molecule has 2 atom stereocenters. The quantitative estimate of drug-likeness (QED) is 0.651. The van der Waals surface area contributed by atoms with Gasteiger partial charge in [-0.2, -0.15) is 0 Å². The number of nitrogens with two attached hydrogens (primary N) is 1. The fraction of sp³-hybridized carbons (Fsp3) is 0.500. The van der Waals surface area contributed by atoms with Gasteiger partial charge in [0.25, 0.3) is 0 Å². The predicted molar refractivity (Wildman–Crippen MR) is 82.3 cm³/mol. The molecule has 0 amide bonds. The average molecular weight is 285 g/mol. The van der Waals surface area contributed by atoms with E-state index in [1.165, 1.54) is 11.1 Å². The average Bonchev–Trinajstić information content (AvgIpc) is 2.97. The van der Waals surface area contributed by atoms with E-state index < -0.39 is 0 Å². The van der Waals surface area contributed by atoms with Crippen LogP contribution in [0.25, 0.3) is 0 Å². The molecule has 2 aromatic rings. The number of nitrogens with one attached hydrogen (secondary N) is 1. The molecule has 3 N–H and O–H groups in total. The molecule has 3 rings (SSSR count). The lowest BCUT2D eigenvalue weighted by Crippen LogP contribution is -2.37. The topological polar surface area (TPSA) is 68.8 Å². The lowest BCUT2D eigenvalue weighted by molar-refractivity contribution is 0.311. The van der Waals surface area contributed by atoms with Gasteiger partial charge in [-0.15, -0.1) is 5.10 Å². The van der Waals surface area contributed by atoms with Crippen molar-refractivity contribution in [2.75, 3.05) is 0 Å². The molecule has 1 aliphatic carbocycles. The summed E-state index contributed by atoms with van der Waals surface area (Å²) in [6.07, 6.45) is 6.21. The number of hydrogen-bond donors (Lipinski definition) is 2. The number of aromatic nitrogens is 3. The third kappa shape index (κ3) is 2.84. The van der Waals surface area contributed by atoms with Gasteiger partial charge in [-0.05, 0) is 42.7 Å². The molecular weight excluding hydrogens is 262 g/mol. The predicted octanol–water partition coefficient (Wildman–Crippen LogP) is 2.00. The number of hydrogen-bond acceptors (Lipinski definition) is 4. The molecule has 1 aliphatic rings. The SMILES string of the molecule is CCCn1nncc1C(NN)C1CCc2ccccc2C1. The van der Waals surface area contributed by atoms with Crippen LogP contribution in [-0.4, -0.2) is 15.0 Å². The van der Waals surface area contributed by atoms with Crippen molar-refractivity contribution in [2.24, 2.45) is 11.8 Å². The molecule has 0 aliphatic heterocycles. The minimum Gasteiger partial charge on any atom is -0.271 e. The molecular formula is C16H23N5.